The number of furan rings is 1. The Balaban J connectivity index is 1.42. The lowest BCUT2D eigenvalue weighted by Crippen LogP contribution is -2.40. The van der Waals surface area contributed by atoms with Crippen LogP contribution in [0.1, 0.15) is 39.1 Å². The molecule has 0 unspecified atom stereocenters. The molecule has 172 valence electrons. The first-order valence-electron chi connectivity index (χ1n) is 11.1. The van der Waals surface area contributed by atoms with Crippen LogP contribution in [0.15, 0.2) is 59.5 Å². The number of aromatic amines is 1. The molecule has 0 aliphatic carbocycles. The Bertz CT molecular complexity index is 1530. The Morgan fingerprint density at radius 3 is 3.00 bits per heavy atom. The van der Waals surface area contributed by atoms with Gasteiger partial charge in [0.05, 0.1) is 34.7 Å². The molecule has 0 fully saturated rings. The van der Waals surface area contributed by atoms with Crippen molar-refractivity contribution in [2.45, 2.75) is 19.0 Å². The summed E-state index contributed by atoms with van der Waals surface area (Å²) in [5, 5.41) is 4.82. The average molecular weight is 458 g/mol. The van der Waals surface area contributed by atoms with Crippen LogP contribution in [0.4, 0.5) is 4.39 Å². The molecule has 6 rings (SSSR count). The fraction of sp³-hybridized carbons (Fsp3) is 0.240. The zero-order valence-corrected chi connectivity index (χ0v) is 18.8. The van der Waals surface area contributed by atoms with Crippen LogP contribution in [0.5, 0.6) is 0 Å². The van der Waals surface area contributed by atoms with Gasteiger partial charge in [0, 0.05) is 31.4 Å². The number of amides is 1. The number of rotatable bonds is 4. The van der Waals surface area contributed by atoms with Gasteiger partial charge in [-0.2, -0.15) is 5.10 Å². The summed E-state index contributed by atoms with van der Waals surface area (Å²) in [6, 6.07) is 9.76. The van der Waals surface area contributed by atoms with Gasteiger partial charge in [-0.05, 0) is 43.9 Å². The van der Waals surface area contributed by atoms with E-state index < -0.39 is 6.04 Å². The first-order valence-corrected chi connectivity index (χ1v) is 11.1. The van der Waals surface area contributed by atoms with Crippen LogP contribution in [0.3, 0.4) is 0 Å². The summed E-state index contributed by atoms with van der Waals surface area (Å²) < 4.78 is 22.2. The largest absolute Gasteiger partial charge is 0.458 e. The van der Waals surface area contributed by atoms with Crippen molar-refractivity contribution in [2.24, 2.45) is 0 Å². The molecule has 5 heterocycles. The molecule has 0 saturated heterocycles. The highest BCUT2D eigenvalue weighted by molar-refractivity contribution is 6.01. The monoisotopic (exact) mass is 458 g/mol. The molecule has 0 bridgehead atoms. The average Bonchev–Trinajstić information content (AvgIpc) is 3.55. The molecule has 1 aliphatic rings. The SMILES string of the molecule is CN(C)Cc1ccc2c(C(=O)N3CCc4[nH]cnc4[C@H]3c3cc4c(F)cccc4o3)cnn2c1. The molecule has 1 N–H and O–H groups in total. The van der Waals surface area contributed by atoms with E-state index in [-0.39, 0.29) is 11.7 Å². The van der Waals surface area contributed by atoms with E-state index in [1.807, 2.05) is 32.4 Å². The van der Waals surface area contributed by atoms with Crippen LogP contribution in [-0.2, 0) is 13.0 Å². The van der Waals surface area contributed by atoms with Crippen molar-refractivity contribution in [2.75, 3.05) is 20.6 Å². The second-order valence-corrected chi connectivity index (χ2v) is 8.88. The third-order valence-corrected chi connectivity index (χ3v) is 6.29. The second kappa shape index (κ2) is 7.81. The number of hydrogen-bond donors (Lipinski definition) is 1. The van der Waals surface area contributed by atoms with Gasteiger partial charge in [0.15, 0.2) is 0 Å². The molecule has 0 spiro atoms. The lowest BCUT2D eigenvalue weighted by Gasteiger charge is -2.33. The van der Waals surface area contributed by atoms with E-state index in [0.717, 1.165) is 23.3 Å². The summed E-state index contributed by atoms with van der Waals surface area (Å²) >= 11 is 0. The first kappa shape index (κ1) is 20.6. The van der Waals surface area contributed by atoms with Crippen molar-refractivity contribution < 1.29 is 13.6 Å². The summed E-state index contributed by atoms with van der Waals surface area (Å²) in [6.45, 7) is 1.24. The fourth-order valence-electron chi connectivity index (χ4n) is 4.77. The molecule has 8 nitrogen and oxygen atoms in total. The minimum Gasteiger partial charge on any atom is -0.458 e. The van der Waals surface area contributed by atoms with E-state index in [0.29, 0.717) is 41.0 Å². The van der Waals surface area contributed by atoms with Crippen molar-refractivity contribution in [3.63, 3.8) is 0 Å². The topological polar surface area (TPSA) is 82.7 Å². The van der Waals surface area contributed by atoms with Gasteiger partial charge in [-0.1, -0.05) is 12.1 Å². The van der Waals surface area contributed by atoms with Crippen LogP contribution in [0.25, 0.3) is 16.5 Å². The number of fused-ring (bicyclic) bond motifs is 3. The third kappa shape index (κ3) is 3.28. The van der Waals surface area contributed by atoms with Gasteiger partial charge in [0.25, 0.3) is 5.91 Å². The Hall–Kier alpha value is -3.98. The summed E-state index contributed by atoms with van der Waals surface area (Å²) in [6.07, 6.45) is 5.80. The van der Waals surface area contributed by atoms with Crippen molar-refractivity contribution in [3.8, 4) is 0 Å². The van der Waals surface area contributed by atoms with Crippen molar-refractivity contribution in [1.82, 2.24) is 29.4 Å². The number of carbonyl (C=O) groups excluding carboxylic acids is 1. The summed E-state index contributed by atoms with van der Waals surface area (Å²) in [4.78, 5) is 25.3. The van der Waals surface area contributed by atoms with Crippen molar-refractivity contribution in [3.05, 3.63) is 89.2 Å². The zero-order valence-electron chi connectivity index (χ0n) is 18.8. The van der Waals surface area contributed by atoms with Crippen LogP contribution in [0, 0.1) is 5.82 Å². The maximum absolute atomic E-state index is 14.4. The van der Waals surface area contributed by atoms with E-state index in [4.69, 9.17) is 4.42 Å². The van der Waals surface area contributed by atoms with Gasteiger partial charge in [-0.25, -0.2) is 13.9 Å². The Kier molecular flexibility index (Phi) is 4.73. The van der Waals surface area contributed by atoms with Gasteiger partial charge in [0.1, 0.15) is 23.2 Å². The molecule has 1 aliphatic heterocycles. The Labute approximate surface area is 194 Å². The highest BCUT2D eigenvalue weighted by Crippen LogP contribution is 2.37. The number of halogens is 1. The van der Waals surface area contributed by atoms with Crippen LogP contribution in [0.2, 0.25) is 0 Å². The second-order valence-electron chi connectivity index (χ2n) is 8.88. The summed E-state index contributed by atoms with van der Waals surface area (Å²) in [5.74, 6) is -0.0548. The molecular weight excluding hydrogens is 435 g/mol. The summed E-state index contributed by atoms with van der Waals surface area (Å²) in [5.41, 5.74) is 4.43. The number of nitrogens with one attached hydrogen (secondary N) is 1. The standard InChI is InChI=1S/C25H23FN6O2/c1-30(2)12-15-6-7-20-17(11-29-32(20)13-15)25(33)31-9-8-19-23(28-14-27-19)24(31)22-10-16-18(26)4-3-5-21(16)34-22/h3-7,10-11,13-14,24H,8-9,12H2,1-2H3,(H,27,28)/t24-/m1/s1. The van der Waals surface area contributed by atoms with Gasteiger partial charge in [-0.3, -0.25) is 4.79 Å². The van der Waals surface area contributed by atoms with Gasteiger partial charge in [0.2, 0.25) is 0 Å². The summed E-state index contributed by atoms with van der Waals surface area (Å²) in [7, 11) is 4.01. The number of hydrogen-bond acceptors (Lipinski definition) is 5. The Morgan fingerprint density at radius 2 is 2.18 bits per heavy atom. The van der Waals surface area contributed by atoms with E-state index in [2.05, 4.69) is 20.0 Å². The van der Waals surface area contributed by atoms with Crippen LogP contribution >= 0.6 is 0 Å². The first-order chi connectivity index (χ1) is 16.5. The number of pyridine rings is 1. The molecule has 0 saturated carbocycles. The third-order valence-electron chi connectivity index (χ3n) is 6.29. The van der Waals surface area contributed by atoms with E-state index in [1.165, 1.54) is 6.07 Å². The molecule has 4 aromatic heterocycles. The Morgan fingerprint density at radius 1 is 1.29 bits per heavy atom. The maximum Gasteiger partial charge on any atom is 0.258 e. The maximum atomic E-state index is 14.4. The predicted molar refractivity (Wildman–Crippen MR) is 124 cm³/mol. The minimum atomic E-state index is -0.572. The lowest BCUT2D eigenvalue weighted by atomic mass is 9.99. The molecule has 34 heavy (non-hydrogen) atoms. The molecule has 0 radical (unpaired) electrons. The highest BCUT2D eigenvalue weighted by atomic mass is 19.1. The van der Waals surface area contributed by atoms with E-state index in [1.54, 1.807) is 40.1 Å². The zero-order chi connectivity index (χ0) is 23.4. The molecule has 1 aromatic carbocycles. The van der Waals surface area contributed by atoms with Crippen molar-refractivity contribution >= 4 is 22.4 Å². The minimum absolute atomic E-state index is 0.171. The van der Waals surface area contributed by atoms with Crippen LogP contribution in [-0.4, -0.2) is 55.9 Å². The normalized spacial score (nSPS) is 16.0. The molecule has 1 amide bonds. The smallest absolute Gasteiger partial charge is 0.258 e. The number of nitrogens with zero attached hydrogens (tertiary/aromatic N) is 5. The van der Waals surface area contributed by atoms with E-state index >= 15 is 0 Å². The van der Waals surface area contributed by atoms with Gasteiger partial charge < -0.3 is 19.2 Å². The molecule has 1 atom stereocenters. The fourth-order valence-corrected chi connectivity index (χ4v) is 4.77. The molecule has 9 heteroatoms. The number of imidazole rings is 1. The predicted octanol–water partition coefficient (Wildman–Crippen LogP) is 3.79. The van der Waals surface area contributed by atoms with E-state index in [9.17, 15) is 9.18 Å². The number of H-pyrrole nitrogens is 1. The molecular formula is C25H23FN6O2. The molecule has 5 aromatic rings. The van der Waals surface area contributed by atoms with Crippen molar-refractivity contribution in [1.29, 1.82) is 0 Å². The number of carbonyl (C=O) groups is 1. The van der Waals surface area contributed by atoms with Gasteiger partial charge >= 0.3 is 0 Å². The number of benzene rings is 1. The highest BCUT2D eigenvalue weighted by Gasteiger charge is 2.37. The quantitative estimate of drug-likeness (QED) is 0.443. The number of aromatic nitrogens is 4. The van der Waals surface area contributed by atoms with Crippen LogP contribution < -0.4 is 0 Å². The lowest BCUT2D eigenvalue weighted by molar-refractivity contribution is 0.0675. The van der Waals surface area contributed by atoms with Gasteiger partial charge in [-0.15, -0.1) is 0 Å².